The smallest absolute Gasteiger partial charge is 0.259 e. The lowest BCUT2D eigenvalue weighted by molar-refractivity contribution is 0.0645. The van der Waals surface area contributed by atoms with Crippen LogP contribution in [0.2, 0.25) is 0 Å². The maximum absolute atomic E-state index is 13.3. The van der Waals surface area contributed by atoms with E-state index in [0.717, 1.165) is 44.0 Å². The van der Waals surface area contributed by atoms with Crippen molar-refractivity contribution in [3.8, 4) is 11.3 Å². The molecule has 6 heteroatoms. The minimum atomic E-state index is 0.0258. The monoisotopic (exact) mass is 364 g/mol. The summed E-state index contributed by atoms with van der Waals surface area (Å²) < 4.78 is 5.41. The molecular weight excluding hydrogens is 340 g/mol. The van der Waals surface area contributed by atoms with Crippen LogP contribution in [-0.2, 0) is 0 Å². The number of hydrogen-bond acceptors (Lipinski definition) is 5. The van der Waals surface area contributed by atoms with Gasteiger partial charge >= 0.3 is 0 Å². The number of likely N-dealkylation sites (N-methyl/N-ethyl adjacent to an activating group) is 1. The normalized spacial score (nSPS) is 15.4. The molecule has 3 heterocycles. The van der Waals surface area contributed by atoms with E-state index in [1.54, 1.807) is 0 Å². The Bertz CT molecular complexity index is 970. The van der Waals surface area contributed by atoms with E-state index in [4.69, 9.17) is 4.52 Å². The molecule has 27 heavy (non-hydrogen) atoms. The van der Waals surface area contributed by atoms with Crippen LogP contribution in [0.25, 0.3) is 22.4 Å². The van der Waals surface area contributed by atoms with Crippen LogP contribution >= 0.6 is 0 Å². The molecule has 0 N–H and O–H groups in total. The van der Waals surface area contributed by atoms with E-state index in [-0.39, 0.29) is 5.91 Å². The molecule has 0 spiro atoms. The van der Waals surface area contributed by atoms with Crippen LogP contribution in [0.15, 0.2) is 34.9 Å². The molecule has 0 saturated carbocycles. The molecule has 1 aliphatic rings. The molecular formula is C21H24N4O2. The lowest BCUT2D eigenvalue weighted by Gasteiger charge is -2.34. The van der Waals surface area contributed by atoms with Gasteiger partial charge in [-0.1, -0.05) is 41.9 Å². The third-order valence-corrected chi connectivity index (χ3v) is 5.30. The third-order valence-electron chi connectivity index (χ3n) is 5.30. The van der Waals surface area contributed by atoms with Crippen LogP contribution in [0.3, 0.4) is 0 Å². The molecule has 4 rings (SSSR count). The summed E-state index contributed by atoms with van der Waals surface area (Å²) >= 11 is 0. The Morgan fingerprint density at radius 3 is 2.48 bits per heavy atom. The molecule has 1 aromatic carbocycles. The summed E-state index contributed by atoms with van der Waals surface area (Å²) in [5.41, 5.74) is 4.61. The highest BCUT2D eigenvalue weighted by Gasteiger charge is 2.26. The van der Waals surface area contributed by atoms with Gasteiger partial charge in [-0.15, -0.1) is 0 Å². The van der Waals surface area contributed by atoms with Crippen LogP contribution in [0.5, 0.6) is 0 Å². The van der Waals surface area contributed by atoms with Crippen molar-refractivity contribution in [1.29, 1.82) is 0 Å². The zero-order valence-corrected chi connectivity index (χ0v) is 16.0. The zero-order valence-electron chi connectivity index (χ0n) is 16.0. The second kappa shape index (κ2) is 7.12. The number of carbonyl (C=O) groups is 1. The largest absolute Gasteiger partial charge is 0.336 e. The molecule has 0 radical (unpaired) electrons. The predicted molar refractivity (Wildman–Crippen MR) is 105 cm³/mol. The number of aryl methyl sites for hydroxylation is 2. The van der Waals surface area contributed by atoms with Crippen molar-refractivity contribution >= 4 is 17.0 Å². The van der Waals surface area contributed by atoms with Crippen molar-refractivity contribution in [2.24, 2.45) is 0 Å². The van der Waals surface area contributed by atoms with Gasteiger partial charge in [0.05, 0.1) is 22.3 Å². The fraction of sp³-hybridized carbons (Fsp3) is 0.381. The predicted octanol–water partition coefficient (Wildman–Crippen LogP) is 3.28. The lowest BCUT2D eigenvalue weighted by atomic mass is 10.0. The standard InChI is InChI=1S/C21H24N4O2/c1-4-24-9-11-25(12-10-24)21(26)17-13-18(16-7-5-14(2)6-8-16)22-20-19(17)15(3)23-27-20/h5-8,13H,4,9-12H2,1-3H3. The number of pyridine rings is 1. The SMILES string of the molecule is CCN1CCN(C(=O)c2cc(-c3ccc(C)cc3)nc3onc(C)c23)CC1. The Labute approximate surface area is 158 Å². The fourth-order valence-corrected chi connectivity index (χ4v) is 3.57. The van der Waals surface area contributed by atoms with Gasteiger partial charge in [0.2, 0.25) is 0 Å². The van der Waals surface area contributed by atoms with Crippen LogP contribution in [0.1, 0.15) is 28.5 Å². The number of benzene rings is 1. The van der Waals surface area contributed by atoms with Crippen LogP contribution < -0.4 is 0 Å². The minimum Gasteiger partial charge on any atom is -0.336 e. The number of hydrogen-bond donors (Lipinski definition) is 0. The highest BCUT2D eigenvalue weighted by atomic mass is 16.5. The molecule has 1 fully saturated rings. The van der Waals surface area contributed by atoms with Gasteiger partial charge in [-0.25, -0.2) is 4.98 Å². The molecule has 1 saturated heterocycles. The second-order valence-electron chi connectivity index (χ2n) is 7.10. The van der Waals surface area contributed by atoms with Gasteiger partial charge in [-0.2, -0.15) is 0 Å². The molecule has 2 aromatic heterocycles. The fourth-order valence-electron chi connectivity index (χ4n) is 3.57. The van der Waals surface area contributed by atoms with E-state index < -0.39 is 0 Å². The Morgan fingerprint density at radius 1 is 1.11 bits per heavy atom. The van der Waals surface area contributed by atoms with Crippen molar-refractivity contribution < 1.29 is 9.32 Å². The summed E-state index contributed by atoms with van der Waals surface area (Å²) in [5, 5.41) is 4.76. The van der Waals surface area contributed by atoms with Crippen molar-refractivity contribution in [2.45, 2.75) is 20.8 Å². The number of piperazine rings is 1. The quantitative estimate of drug-likeness (QED) is 0.714. The molecule has 0 atom stereocenters. The summed E-state index contributed by atoms with van der Waals surface area (Å²) in [6.45, 7) is 10.4. The summed E-state index contributed by atoms with van der Waals surface area (Å²) in [6.07, 6.45) is 0. The van der Waals surface area contributed by atoms with Gasteiger partial charge in [0.15, 0.2) is 0 Å². The number of rotatable bonds is 3. The van der Waals surface area contributed by atoms with Crippen molar-refractivity contribution in [1.82, 2.24) is 19.9 Å². The summed E-state index contributed by atoms with van der Waals surface area (Å²) in [7, 11) is 0. The molecule has 6 nitrogen and oxygen atoms in total. The maximum Gasteiger partial charge on any atom is 0.259 e. The highest BCUT2D eigenvalue weighted by Crippen LogP contribution is 2.28. The maximum atomic E-state index is 13.3. The summed E-state index contributed by atoms with van der Waals surface area (Å²) in [5.74, 6) is 0.0258. The number of nitrogens with zero attached hydrogens (tertiary/aromatic N) is 4. The van der Waals surface area contributed by atoms with Crippen LogP contribution in [-0.4, -0.2) is 58.6 Å². The van der Waals surface area contributed by atoms with Gasteiger partial charge < -0.3 is 14.3 Å². The minimum absolute atomic E-state index is 0.0258. The zero-order chi connectivity index (χ0) is 19.0. The number of carbonyl (C=O) groups excluding carboxylic acids is 1. The first kappa shape index (κ1) is 17.7. The van der Waals surface area contributed by atoms with Crippen molar-refractivity contribution in [3.05, 3.63) is 47.2 Å². The van der Waals surface area contributed by atoms with E-state index in [0.29, 0.717) is 22.4 Å². The molecule has 0 unspecified atom stereocenters. The van der Waals surface area contributed by atoms with Crippen LogP contribution in [0, 0.1) is 13.8 Å². The molecule has 0 bridgehead atoms. The molecule has 0 aliphatic carbocycles. The first-order chi connectivity index (χ1) is 13.1. The van der Waals surface area contributed by atoms with Crippen LogP contribution in [0.4, 0.5) is 0 Å². The third kappa shape index (κ3) is 3.32. The topological polar surface area (TPSA) is 62.5 Å². The Balaban J connectivity index is 1.75. The molecule has 1 amide bonds. The highest BCUT2D eigenvalue weighted by molar-refractivity contribution is 6.07. The first-order valence-electron chi connectivity index (χ1n) is 9.42. The average Bonchev–Trinajstić information content (AvgIpc) is 3.08. The Morgan fingerprint density at radius 2 is 1.81 bits per heavy atom. The Kier molecular flexibility index (Phi) is 4.66. The van der Waals surface area contributed by atoms with Gasteiger partial charge in [0, 0.05) is 31.7 Å². The van der Waals surface area contributed by atoms with Crippen molar-refractivity contribution in [2.75, 3.05) is 32.7 Å². The molecule has 3 aromatic rings. The summed E-state index contributed by atoms with van der Waals surface area (Å²) in [6, 6.07) is 9.99. The average molecular weight is 364 g/mol. The number of aromatic nitrogens is 2. The van der Waals surface area contributed by atoms with Gasteiger partial charge in [-0.3, -0.25) is 4.79 Å². The van der Waals surface area contributed by atoms with E-state index in [2.05, 4.69) is 22.0 Å². The molecule has 140 valence electrons. The number of fused-ring (bicyclic) bond motifs is 1. The van der Waals surface area contributed by atoms with E-state index in [1.807, 2.05) is 49.1 Å². The van der Waals surface area contributed by atoms with E-state index in [1.165, 1.54) is 5.56 Å². The molecule has 1 aliphatic heterocycles. The van der Waals surface area contributed by atoms with Gasteiger partial charge in [-0.05, 0) is 26.5 Å². The number of amides is 1. The van der Waals surface area contributed by atoms with Crippen molar-refractivity contribution in [3.63, 3.8) is 0 Å². The van der Waals surface area contributed by atoms with E-state index >= 15 is 0 Å². The van der Waals surface area contributed by atoms with Gasteiger partial charge in [0.1, 0.15) is 0 Å². The lowest BCUT2D eigenvalue weighted by Crippen LogP contribution is -2.48. The van der Waals surface area contributed by atoms with E-state index in [9.17, 15) is 4.79 Å². The van der Waals surface area contributed by atoms with Gasteiger partial charge in [0.25, 0.3) is 11.6 Å². The first-order valence-corrected chi connectivity index (χ1v) is 9.42. The summed E-state index contributed by atoms with van der Waals surface area (Å²) in [4.78, 5) is 22.2. The Hall–Kier alpha value is -2.73. The second-order valence-corrected chi connectivity index (χ2v) is 7.10.